The van der Waals surface area contributed by atoms with E-state index in [1.54, 1.807) is 0 Å². The average molecular weight is 296 g/mol. The summed E-state index contributed by atoms with van der Waals surface area (Å²) in [5.74, 6) is 0.124. The Balaban J connectivity index is 2.02. The Morgan fingerprint density at radius 1 is 1.40 bits per heavy atom. The molecule has 5 heteroatoms. The number of halogens is 1. The Labute approximate surface area is 125 Å². The molecule has 4 nitrogen and oxygen atoms in total. The second kappa shape index (κ2) is 7.50. The van der Waals surface area contributed by atoms with E-state index in [2.05, 4.69) is 34.6 Å². The van der Waals surface area contributed by atoms with Crippen molar-refractivity contribution in [2.75, 3.05) is 31.1 Å². The predicted molar refractivity (Wildman–Crippen MR) is 83.3 cm³/mol. The lowest BCUT2D eigenvalue weighted by molar-refractivity contribution is -0.120. The summed E-state index contributed by atoms with van der Waals surface area (Å²) in [5.41, 5.74) is 2.21. The van der Waals surface area contributed by atoms with Gasteiger partial charge in [-0.15, -0.1) is 0 Å². The van der Waals surface area contributed by atoms with Crippen LogP contribution < -0.4 is 15.5 Å². The van der Waals surface area contributed by atoms with Gasteiger partial charge in [-0.3, -0.25) is 4.79 Å². The highest BCUT2D eigenvalue weighted by Gasteiger charge is 2.14. The molecule has 110 valence electrons. The Hall–Kier alpha value is -1.26. The molecule has 0 aliphatic carbocycles. The van der Waals surface area contributed by atoms with Gasteiger partial charge in [-0.1, -0.05) is 24.6 Å². The van der Waals surface area contributed by atoms with E-state index in [-0.39, 0.29) is 5.91 Å². The maximum Gasteiger partial charge on any atom is 0.221 e. The van der Waals surface area contributed by atoms with E-state index in [9.17, 15) is 4.79 Å². The van der Waals surface area contributed by atoms with E-state index in [0.29, 0.717) is 13.0 Å². The highest BCUT2D eigenvalue weighted by molar-refractivity contribution is 6.31. The van der Waals surface area contributed by atoms with Gasteiger partial charge in [-0.2, -0.15) is 0 Å². The van der Waals surface area contributed by atoms with Gasteiger partial charge in [0.05, 0.1) is 0 Å². The van der Waals surface area contributed by atoms with Crippen LogP contribution >= 0.6 is 11.6 Å². The molecule has 1 aliphatic rings. The van der Waals surface area contributed by atoms with Crippen LogP contribution in [0, 0.1) is 0 Å². The van der Waals surface area contributed by atoms with Crippen LogP contribution in [0.1, 0.15) is 25.3 Å². The van der Waals surface area contributed by atoms with Crippen LogP contribution in [-0.2, 0) is 11.3 Å². The van der Waals surface area contributed by atoms with Gasteiger partial charge in [-0.25, -0.2) is 0 Å². The molecule has 1 aromatic rings. The molecule has 1 aliphatic heterocycles. The minimum absolute atomic E-state index is 0.124. The third-order valence-electron chi connectivity index (χ3n) is 3.46. The number of amides is 1. The van der Waals surface area contributed by atoms with E-state index < -0.39 is 0 Å². The molecule has 0 bridgehead atoms. The monoisotopic (exact) mass is 295 g/mol. The molecule has 1 heterocycles. The molecule has 0 unspecified atom stereocenters. The largest absolute Gasteiger partial charge is 0.369 e. The van der Waals surface area contributed by atoms with Crippen molar-refractivity contribution in [3.05, 3.63) is 28.8 Å². The van der Waals surface area contributed by atoms with Crippen molar-refractivity contribution in [3.63, 3.8) is 0 Å². The van der Waals surface area contributed by atoms with Crippen LogP contribution in [0.3, 0.4) is 0 Å². The van der Waals surface area contributed by atoms with Gasteiger partial charge in [0.2, 0.25) is 5.91 Å². The summed E-state index contributed by atoms with van der Waals surface area (Å²) in [6, 6.07) is 6.16. The molecule has 2 N–H and O–H groups in total. The fourth-order valence-electron chi connectivity index (χ4n) is 2.30. The highest BCUT2D eigenvalue weighted by atomic mass is 35.5. The standard InChI is InChI=1S/C15H22ClN3O/c1-2-6-17-11-12-3-4-13(10-14(12)16)19-8-5-15(20)18-7-9-19/h3-4,10,17H,2,5-9,11H2,1H3,(H,18,20). The topological polar surface area (TPSA) is 44.4 Å². The number of carbonyl (C=O) groups is 1. The predicted octanol–water partition coefficient (Wildman–Crippen LogP) is 2.17. The van der Waals surface area contributed by atoms with Crippen molar-refractivity contribution < 1.29 is 4.79 Å². The van der Waals surface area contributed by atoms with E-state index in [1.807, 2.05) is 6.07 Å². The van der Waals surface area contributed by atoms with Crippen LogP contribution in [0.2, 0.25) is 5.02 Å². The molecular formula is C15H22ClN3O. The summed E-state index contributed by atoms with van der Waals surface area (Å²) in [4.78, 5) is 13.6. The van der Waals surface area contributed by atoms with Crippen molar-refractivity contribution in [3.8, 4) is 0 Å². The summed E-state index contributed by atoms with van der Waals surface area (Å²) in [6.45, 7) is 6.21. The third-order valence-corrected chi connectivity index (χ3v) is 3.81. The fraction of sp³-hybridized carbons (Fsp3) is 0.533. The Morgan fingerprint density at radius 3 is 3.00 bits per heavy atom. The van der Waals surface area contributed by atoms with Gasteiger partial charge in [0.1, 0.15) is 0 Å². The van der Waals surface area contributed by atoms with Crippen LogP contribution in [0.5, 0.6) is 0 Å². The summed E-state index contributed by atoms with van der Waals surface area (Å²) < 4.78 is 0. The molecule has 0 spiro atoms. The van der Waals surface area contributed by atoms with Gasteiger partial charge in [0.15, 0.2) is 0 Å². The zero-order chi connectivity index (χ0) is 14.4. The summed E-state index contributed by atoms with van der Waals surface area (Å²) in [7, 11) is 0. The number of nitrogens with one attached hydrogen (secondary N) is 2. The zero-order valence-corrected chi connectivity index (χ0v) is 12.7. The molecule has 0 aromatic heterocycles. The van der Waals surface area contributed by atoms with Gasteiger partial charge in [0.25, 0.3) is 0 Å². The normalized spacial score (nSPS) is 15.9. The number of benzene rings is 1. The lowest BCUT2D eigenvalue weighted by Crippen LogP contribution is -2.28. The fourth-order valence-corrected chi connectivity index (χ4v) is 2.54. The number of nitrogens with zero attached hydrogens (tertiary/aromatic N) is 1. The average Bonchev–Trinajstić information content (AvgIpc) is 2.65. The first kappa shape index (κ1) is 15.1. The summed E-state index contributed by atoms with van der Waals surface area (Å²) >= 11 is 6.35. The lowest BCUT2D eigenvalue weighted by atomic mass is 10.2. The third kappa shape index (κ3) is 4.12. The molecule has 2 rings (SSSR count). The van der Waals surface area contributed by atoms with Crippen molar-refractivity contribution >= 4 is 23.2 Å². The Kier molecular flexibility index (Phi) is 5.68. The number of rotatable bonds is 5. The summed E-state index contributed by atoms with van der Waals surface area (Å²) in [6.07, 6.45) is 1.65. The SMILES string of the molecule is CCCNCc1ccc(N2CCNC(=O)CC2)cc1Cl. The zero-order valence-electron chi connectivity index (χ0n) is 11.9. The van der Waals surface area contributed by atoms with E-state index in [0.717, 1.165) is 48.9 Å². The molecule has 20 heavy (non-hydrogen) atoms. The van der Waals surface area contributed by atoms with E-state index in [1.165, 1.54) is 0 Å². The maximum absolute atomic E-state index is 11.4. The molecule has 0 atom stereocenters. The van der Waals surface area contributed by atoms with Crippen LogP contribution in [0.15, 0.2) is 18.2 Å². The number of hydrogen-bond acceptors (Lipinski definition) is 3. The molecule has 1 saturated heterocycles. The van der Waals surface area contributed by atoms with Crippen molar-refractivity contribution in [2.45, 2.75) is 26.3 Å². The second-order valence-electron chi connectivity index (χ2n) is 5.04. The molecule has 0 saturated carbocycles. The minimum atomic E-state index is 0.124. The van der Waals surface area contributed by atoms with Crippen LogP contribution in [0.4, 0.5) is 5.69 Å². The quantitative estimate of drug-likeness (QED) is 0.818. The van der Waals surface area contributed by atoms with Gasteiger partial charge in [0, 0.05) is 43.3 Å². The lowest BCUT2D eigenvalue weighted by Gasteiger charge is -2.22. The van der Waals surface area contributed by atoms with Gasteiger partial charge >= 0.3 is 0 Å². The number of hydrogen-bond donors (Lipinski definition) is 2. The minimum Gasteiger partial charge on any atom is -0.369 e. The molecule has 0 radical (unpaired) electrons. The Morgan fingerprint density at radius 2 is 2.25 bits per heavy atom. The molecular weight excluding hydrogens is 274 g/mol. The van der Waals surface area contributed by atoms with Crippen molar-refractivity contribution in [1.29, 1.82) is 0 Å². The first-order chi connectivity index (χ1) is 9.70. The highest BCUT2D eigenvalue weighted by Crippen LogP contribution is 2.24. The van der Waals surface area contributed by atoms with Gasteiger partial charge in [-0.05, 0) is 30.7 Å². The van der Waals surface area contributed by atoms with E-state index >= 15 is 0 Å². The Bertz CT molecular complexity index is 464. The molecule has 1 amide bonds. The molecule has 1 fully saturated rings. The van der Waals surface area contributed by atoms with Crippen LogP contribution in [0.25, 0.3) is 0 Å². The summed E-state index contributed by atoms with van der Waals surface area (Å²) in [5, 5.41) is 7.02. The smallest absolute Gasteiger partial charge is 0.221 e. The van der Waals surface area contributed by atoms with Gasteiger partial charge < -0.3 is 15.5 Å². The van der Waals surface area contributed by atoms with Crippen molar-refractivity contribution in [2.24, 2.45) is 0 Å². The number of anilines is 1. The number of carbonyl (C=O) groups excluding carboxylic acids is 1. The second-order valence-corrected chi connectivity index (χ2v) is 5.45. The maximum atomic E-state index is 11.4. The van der Waals surface area contributed by atoms with Crippen LogP contribution in [-0.4, -0.2) is 32.1 Å². The van der Waals surface area contributed by atoms with E-state index in [4.69, 9.17) is 11.6 Å². The first-order valence-corrected chi connectivity index (χ1v) is 7.59. The first-order valence-electron chi connectivity index (χ1n) is 7.21. The van der Waals surface area contributed by atoms with Crippen molar-refractivity contribution in [1.82, 2.24) is 10.6 Å². The molecule has 1 aromatic carbocycles.